The Balaban J connectivity index is 1.34. The molecule has 2 aliphatic heterocycles. The number of β-amino-alcohol motifs (C(OH)–C–C–N with tert-alkyl or cyclic N) is 1. The molecule has 1 aromatic rings. The summed E-state index contributed by atoms with van der Waals surface area (Å²) in [7, 11) is 1.89. The zero-order valence-electron chi connectivity index (χ0n) is 17.4. The minimum atomic E-state index is -0.444. The van der Waals surface area contributed by atoms with Gasteiger partial charge in [0.15, 0.2) is 0 Å². The number of rotatable bonds is 4. The van der Waals surface area contributed by atoms with E-state index in [1.165, 1.54) is 19.3 Å². The second-order valence-corrected chi connectivity index (χ2v) is 8.97. The average Bonchev–Trinajstić information content (AvgIpc) is 3.34. The van der Waals surface area contributed by atoms with Gasteiger partial charge < -0.3 is 19.9 Å². The molecule has 1 saturated carbocycles. The van der Waals surface area contributed by atoms with E-state index in [0.29, 0.717) is 37.8 Å². The van der Waals surface area contributed by atoms with E-state index in [0.717, 1.165) is 25.7 Å². The molecule has 29 heavy (non-hydrogen) atoms. The molecule has 0 aromatic carbocycles. The van der Waals surface area contributed by atoms with Crippen LogP contribution in [0.4, 0.5) is 0 Å². The van der Waals surface area contributed by atoms with Crippen molar-refractivity contribution in [3.8, 4) is 0 Å². The Morgan fingerprint density at radius 2 is 1.83 bits per heavy atom. The van der Waals surface area contributed by atoms with Gasteiger partial charge in [0.25, 0.3) is 5.91 Å². The van der Waals surface area contributed by atoms with E-state index in [2.05, 4.69) is 10.2 Å². The van der Waals surface area contributed by atoms with E-state index >= 15 is 0 Å². The van der Waals surface area contributed by atoms with Gasteiger partial charge in [-0.25, -0.2) is 0 Å². The van der Waals surface area contributed by atoms with Crippen LogP contribution in [-0.2, 0) is 11.8 Å². The molecule has 0 radical (unpaired) electrons. The molecule has 1 aromatic heterocycles. The molecule has 1 aliphatic carbocycles. The molecule has 0 unspecified atom stereocenters. The fourth-order valence-corrected chi connectivity index (χ4v) is 5.29. The maximum Gasteiger partial charge on any atom is 0.270 e. The minimum Gasteiger partial charge on any atom is -0.392 e. The summed E-state index contributed by atoms with van der Waals surface area (Å²) < 4.78 is 1.86. The summed E-state index contributed by atoms with van der Waals surface area (Å²) in [5.41, 5.74) is 0.713. The quantitative estimate of drug-likeness (QED) is 0.800. The topological polar surface area (TPSA) is 77.8 Å². The van der Waals surface area contributed by atoms with E-state index in [9.17, 15) is 14.7 Å². The average molecular weight is 403 g/mol. The number of carbonyl (C=O) groups is 2. The van der Waals surface area contributed by atoms with Crippen molar-refractivity contribution >= 4 is 11.8 Å². The van der Waals surface area contributed by atoms with Crippen LogP contribution >= 0.6 is 0 Å². The van der Waals surface area contributed by atoms with Crippen LogP contribution in [0.1, 0.15) is 61.9 Å². The number of hydrogen-bond acceptors (Lipinski definition) is 4. The highest BCUT2D eigenvalue weighted by Crippen LogP contribution is 2.28. The normalized spacial score (nSPS) is 27.3. The predicted octanol–water partition coefficient (Wildman–Crippen LogP) is 1.51. The van der Waals surface area contributed by atoms with Crippen LogP contribution < -0.4 is 5.32 Å². The van der Waals surface area contributed by atoms with E-state index in [1.54, 1.807) is 0 Å². The van der Waals surface area contributed by atoms with Gasteiger partial charge in [-0.2, -0.15) is 0 Å². The number of amides is 2. The van der Waals surface area contributed by atoms with E-state index < -0.39 is 6.10 Å². The highest BCUT2D eigenvalue weighted by molar-refractivity contribution is 5.92. The van der Waals surface area contributed by atoms with Gasteiger partial charge in [0, 0.05) is 45.0 Å². The Morgan fingerprint density at radius 3 is 2.48 bits per heavy atom. The Hall–Kier alpha value is -1.86. The van der Waals surface area contributed by atoms with Crippen LogP contribution in [0.25, 0.3) is 0 Å². The molecule has 0 spiro atoms. The molecule has 7 nitrogen and oxygen atoms in total. The number of aryl methyl sites for hydroxylation is 1. The fourth-order valence-electron chi connectivity index (χ4n) is 5.29. The Labute approximate surface area is 173 Å². The number of piperidine rings is 1. The summed E-state index contributed by atoms with van der Waals surface area (Å²) in [4.78, 5) is 29.8. The monoisotopic (exact) mass is 402 g/mol. The van der Waals surface area contributed by atoms with E-state index in [1.807, 2.05) is 34.8 Å². The molecule has 3 heterocycles. The van der Waals surface area contributed by atoms with Crippen LogP contribution in [0, 0.1) is 0 Å². The Kier molecular flexibility index (Phi) is 6.25. The molecule has 2 N–H and O–H groups in total. The number of nitrogens with one attached hydrogen (secondary N) is 1. The van der Waals surface area contributed by atoms with Gasteiger partial charge in [0.1, 0.15) is 5.69 Å². The van der Waals surface area contributed by atoms with Gasteiger partial charge in [-0.3, -0.25) is 14.5 Å². The number of aromatic nitrogens is 1. The fraction of sp³-hybridized carbons (Fsp3) is 0.727. The first-order valence-corrected chi connectivity index (χ1v) is 11.2. The van der Waals surface area contributed by atoms with Crippen molar-refractivity contribution in [3.63, 3.8) is 0 Å². The second kappa shape index (κ2) is 8.88. The molecule has 0 bridgehead atoms. The van der Waals surface area contributed by atoms with E-state index in [4.69, 9.17) is 0 Å². The first-order valence-electron chi connectivity index (χ1n) is 11.2. The molecule has 4 rings (SSSR count). The zero-order valence-corrected chi connectivity index (χ0v) is 17.4. The number of likely N-dealkylation sites (tertiary alicyclic amines) is 2. The van der Waals surface area contributed by atoms with Crippen LogP contribution in [-0.4, -0.2) is 75.2 Å². The van der Waals surface area contributed by atoms with Gasteiger partial charge in [0.05, 0.1) is 12.1 Å². The van der Waals surface area contributed by atoms with Crippen molar-refractivity contribution in [1.29, 1.82) is 0 Å². The SMILES string of the molecule is Cn1cccc1C(=O)N1CCC(N2C[C@H](O)C[C@H]2C(=O)NC2CCCCC2)CC1. The number of nitrogens with zero attached hydrogens (tertiary/aromatic N) is 3. The lowest BCUT2D eigenvalue weighted by molar-refractivity contribution is -0.127. The third kappa shape index (κ3) is 4.51. The third-order valence-electron chi connectivity index (χ3n) is 6.96. The van der Waals surface area contributed by atoms with Crippen molar-refractivity contribution in [2.24, 2.45) is 7.05 Å². The van der Waals surface area contributed by atoms with Crippen LogP contribution in [0.3, 0.4) is 0 Å². The predicted molar refractivity (Wildman–Crippen MR) is 110 cm³/mol. The second-order valence-electron chi connectivity index (χ2n) is 8.97. The molecule has 2 saturated heterocycles. The lowest BCUT2D eigenvalue weighted by Gasteiger charge is -2.39. The molecule has 2 amide bonds. The molecular weight excluding hydrogens is 368 g/mol. The van der Waals surface area contributed by atoms with Gasteiger partial charge in [-0.15, -0.1) is 0 Å². The van der Waals surface area contributed by atoms with Gasteiger partial charge in [0.2, 0.25) is 5.91 Å². The van der Waals surface area contributed by atoms with Gasteiger partial charge in [-0.1, -0.05) is 19.3 Å². The van der Waals surface area contributed by atoms with Crippen molar-refractivity contribution in [1.82, 2.24) is 19.7 Å². The first-order chi connectivity index (χ1) is 14.0. The van der Waals surface area contributed by atoms with Gasteiger partial charge in [-0.05, 0) is 44.2 Å². The van der Waals surface area contributed by atoms with E-state index in [-0.39, 0.29) is 23.9 Å². The Bertz CT molecular complexity index is 719. The molecule has 7 heteroatoms. The summed E-state index contributed by atoms with van der Waals surface area (Å²) in [6.45, 7) is 1.94. The maximum atomic E-state index is 12.9. The van der Waals surface area contributed by atoms with Crippen LogP contribution in [0.5, 0.6) is 0 Å². The smallest absolute Gasteiger partial charge is 0.270 e. The van der Waals surface area contributed by atoms with Gasteiger partial charge >= 0.3 is 0 Å². The third-order valence-corrected chi connectivity index (χ3v) is 6.96. The summed E-state index contributed by atoms with van der Waals surface area (Å²) in [5.74, 6) is 0.153. The van der Waals surface area contributed by atoms with Crippen LogP contribution in [0.2, 0.25) is 0 Å². The molecule has 3 aliphatic rings. The van der Waals surface area contributed by atoms with Crippen molar-refractivity contribution in [2.75, 3.05) is 19.6 Å². The maximum absolute atomic E-state index is 12.9. The molecule has 3 fully saturated rings. The van der Waals surface area contributed by atoms with Crippen molar-refractivity contribution in [3.05, 3.63) is 24.0 Å². The highest BCUT2D eigenvalue weighted by atomic mass is 16.3. The molecule has 2 atom stereocenters. The minimum absolute atomic E-state index is 0.0731. The number of aliphatic hydroxyl groups excluding tert-OH is 1. The summed E-state index contributed by atoms with van der Waals surface area (Å²) in [6.07, 6.45) is 9.43. The standard InChI is InChI=1S/C22H34N4O3/c1-24-11-5-8-19(24)22(29)25-12-9-17(10-13-25)26-15-18(27)14-20(26)21(28)23-16-6-3-2-4-7-16/h5,8,11,16-18,20,27H,2-4,6-7,9-10,12-15H2,1H3,(H,23,28)/t18-,20+/m1/s1. The summed E-state index contributed by atoms with van der Waals surface area (Å²) >= 11 is 0. The molecular formula is C22H34N4O3. The molecule has 160 valence electrons. The first kappa shape index (κ1) is 20.4. The van der Waals surface area contributed by atoms with Crippen molar-refractivity contribution in [2.45, 2.75) is 75.6 Å². The highest BCUT2D eigenvalue weighted by Gasteiger charge is 2.41. The zero-order chi connectivity index (χ0) is 20.4. The largest absolute Gasteiger partial charge is 0.392 e. The summed E-state index contributed by atoms with van der Waals surface area (Å²) in [5, 5.41) is 13.5. The van der Waals surface area contributed by atoms with Crippen molar-refractivity contribution < 1.29 is 14.7 Å². The lowest BCUT2D eigenvalue weighted by atomic mass is 9.95. The number of aliphatic hydroxyl groups is 1. The van der Waals surface area contributed by atoms with Crippen LogP contribution in [0.15, 0.2) is 18.3 Å². The summed E-state index contributed by atoms with van der Waals surface area (Å²) in [6, 6.07) is 4.04. The number of carbonyl (C=O) groups excluding carboxylic acids is 2. The Morgan fingerprint density at radius 1 is 1.10 bits per heavy atom. The lowest BCUT2D eigenvalue weighted by Crippen LogP contribution is -2.53. The number of hydrogen-bond donors (Lipinski definition) is 2.